The van der Waals surface area contributed by atoms with Crippen molar-refractivity contribution in [1.29, 1.82) is 0 Å². The number of carboxylic acid groups (broad SMARTS) is 2. The molecule has 40 heavy (non-hydrogen) atoms. The van der Waals surface area contributed by atoms with E-state index in [-0.39, 0.29) is 34.5 Å². The van der Waals surface area contributed by atoms with Gasteiger partial charge in [0.05, 0.1) is 24.1 Å². The summed E-state index contributed by atoms with van der Waals surface area (Å²) in [6, 6.07) is 2.72. The SMILES string of the molecule is CC(C)(O/N=C(\C(=O)N[C@@H]1C(=O)N2C(C(=O)[O-])=C(Cn3cc[n+]4cccc-4c3)CS[C@@H]12)c1csc(N)n1)C(=O)O. The van der Waals surface area contributed by atoms with Crippen LogP contribution in [0, 0.1) is 0 Å². The highest BCUT2D eigenvalue weighted by atomic mass is 32.2. The van der Waals surface area contributed by atoms with E-state index < -0.39 is 40.8 Å². The van der Waals surface area contributed by atoms with E-state index in [4.69, 9.17) is 10.6 Å². The number of amides is 2. The Hall–Kier alpha value is -4.44. The molecule has 208 valence electrons. The van der Waals surface area contributed by atoms with Gasteiger partial charge in [0.25, 0.3) is 11.8 Å². The van der Waals surface area contributed by atoms with E-state index in [0.717, 1.165) is 21.9 Å². The summed E-state index contributed by atoms with van der Waals surface area (Å²) in [6.45, 7) is 2.72. The molecule has 0 aliphatic carbocycles. The minimum atomic E-state index is -1.76. The van der Waals surface area contributed by atoms with Gasteiger partial charge in [-0.15, -0.1) is 23.1 Å². The molecule has 5 rings (SSSR count). The van der Waals surface area contributed by atoms with Gasteiger partial charge in [0, 0.05) is 29.8 Å². The highest BCUT2D eigenvalue weighted by Gasteiger charge is 2.53. The van der Waals surface area contributed by atoms with Crippen molar-refractivity contribution in [3.8, 4) is 5.69 Å². The quantitative estimate of drug-likeness (QED) is 0.120. The van der Waals surface area contributed by atoms with E-state index in [9.17, 15) is 29.4 Å². The first-order valence-electron chi connectivity index (χ1n) is 11.8. The minimum Gasteiger partial charge on any atom is -0.543 e. The summed E-state index contributed by atoms with van der Waals surface area (Å²) in [5, 5.41) is 28.6. The van der Waals surface area contributed by atoms with E-state index in [2.05, 4.69) is 15.5 Å². The van der Waals surface area contributed by atoms with Crippen molar-refractivity contribution in [3.05, 3.63) is 59.3 Å². The first kappa shape index (κ1) is 27.1. The number of oxime groups is 1. The van der Waals surface area contributed by atoms with E-state index in [1.165, 1.54) is 31.0 Å². The fraction of sp³-hybridized carbons (Fsp3) is 0.292. The second kappa shape index (κ2) is 10.3. The number of nitrogens with two attached hydrogens (primary N) is 1. The average Bonchev–Trinajstić information content (AvgIpc) is 3.55. The zero-order valence-corrected chi connectivity index (χ0v) is 22.8. The molecule has 0 saturated carbocycles. The number of carbonyl (C=O) groups excluding carboxylic acids is 3. The molecule has 4 N–H and O–H groups in total. The number of hydrogen-bond acceptors (Lipinski definition) is 11. The smallest absolute Gasteiger partial charge is 0.350 e. The molecule has 2 amide bonds. The summed E-state index contributed by atoms with van der Waals surface area (Å²) in [5.74, 6) is -4.04. The van der Waals surface area contributed by atoms with E-state index >= 15 is 0 Å². The van der Waals surface area contributed by atoms with Crippen LogP contribution >= 0.6 is 23.1 Å². The average molecular weight is 586 g/mol. The van der Waals surface area contributed by atoms with Crippen molar-refractivity contribution in [1.82, 2.24) is 19.8 Å². The van der Waals surface area contributed by atoms with Crippen LogP contribution in [0.15, 0.2) is 58.7 Å². The van der Waals surface area contributed by atoms with E-state index in [1.807, 2.05) is 39.9 Å². The standard InChI is InChI=1S/C24H23N7O7S2/c1-24(2,22(36)37)38-28-15(14-11-40-23(25)26-14)18(32)27-16-19(33)31-17(21(34)35)12(10-39-20(16)31)8-29-6-7-30-5-3-4-13(30)9-29/h3-7,9,11,16,20H,8,10H2,1-2H3,(H4-,25,26,27,32,34,35,36,37)/b28-15-/t16-,20+/m1/s1. The number of thiazole rings is 1. The zero-order chi connectivity index (χ0) is 28.8. The Bertz CT molecular complexity index is 1560. The molecule has 2 atom stereocenters. The molecule has 0 aromatic carbocycles. The van der Waals surface area contributed by atoms with Crippen LogP contribution in [0.4, 0.5) is 5.13 Å². The van der Waals surface area contributed by atoms with E-state index in [0.29, 0.717) is 5.57 Å². The largest absolute Gasteiger partial charge is 0.543 e. The van der Waals surface area contributed by atoms with Crippen LogP contribution in [-0.4, -0.2) is 71.8 Å². The van der Waals surface area contributed by atoms with Crippen LogP contribution in [-0.2, 0) is 30.6 Å². The van der Waals surface area contributed by atoms with Gasteiger partial charge in [-0.3, -0.25) is 14.5 Å². The van der Waals surface area contributed by atoms with Crippen LogP contribution in [0.1, 0.15) is 19.5 Å². The summed E-state index contributed by atoms with van der Waals surface area (Å²) in [4.78, 5) is 60.1. The highest BCUT2D eigenvalue weighted by Crippen LogP contribution is 2.40. The van der Waals surface area contributed by atoms with Gasteiger partial charge in [0.2, 0.25) is 11.3 Å². The lowest BCUT2D eigenvalue weighted by Crippen LogP contribution is -2.71. The molecule has 4 aliphatic heterocycles. The Balaban J connectivity index is 1.36. The predicted octanol–water partition coefficient (Wildman–Crippen LogP) is -1.07. The maximum Gasteiger partial charge on any atom is 0.350 e. The molecule has 0 radical (unpaired) electrons. The van der Waals surface area contributed by atoms with Gasteiger partial charge in [-0.05, 0) is 19.4 Å². The minimum absolute atomic E-state index is 0.0238. The zero-order valence-electron chi connectivity index (χ0n) is 21.1. The van der Waals surface area contributed by atoms with Crippen molar-refractivity contribution in [2.45, 2.75) is 37.4 Å². The van der Waals surface area contributed by atoms with Gasteiger partial charge in [-0.2, -0.15) is 4.57 Å². The van der Waals surface area contributed by atoms with Crippen molar-refractivity contribution in [2.24, 2.45) is 5.16 Å². The third kappa shape index (κ3) is 4.98. The fourth-order valence-electron chi connectivity index (χ4n) is 4.14. The van der Waals surface area contributed by atoms with Gasteiger partial charge >= 0.3 is 5.97 Å². The predicted molar refractivity (Wildman–Crippen MR) is 140 cm³/mol. The number of fused-ring (bicyclic) bond motifs is 2. The van der Waals surface area contributed by atoms with Crippen LogP contribution in [0.3, 0.4) is 0 Å². The fourth-order valence-corrected chi connectivity index (χ4v) is 6.03. The van der Waals surface area contributed by atoms with Crippen molar-refractivity contribution in [3.63, 3.8) is 0 Å². The second-order valence-corrected chi connectivity index (χ2v) is 11.5. The van der Waals surface area contributed by atoms with Gasteiger partial charge in [0.1, 0.15) is 17.1 Å². The number of anilines is 1. The third-order valence-electron chi connectivity index (χ3n) is 6.29. The van der Waals surface area contributed by atoms with Gasteiger partial charge < -0.3 is 35.5 Å². The maximum atomic E-state index is 13.2. The van der Waals surface area contributed by atoms with Crippen molar-refractivity contribution < 1.29 is 38.8 Å². The Kier molecular flexibility index (Phi) is 6.97. The molecule has 1 aromatic rings. The first-order chi connectivity index (χ1) is 19.0. The molecule has 16 heteroatoms. The number of aromatic nitrogens is 3. The van der Waals surface area contributed by atoms with Gasteiger partial charge in [-0.25, -0.2) is 9.78 Å². The summed E-state index contributed by atoms with van der Waals surface area (Å²) >= 11 is 2.32. The van der Waals surface area contributed by atoms with Crippen molar-refractivity contribution in [2.75, 3.05) is 11.5 Å². The number of carboxylic acids is 2. The van der Waals surface area contributed by atoms with Gasteiger partial charge in [0.15, 0.2) is 23.2 Å². The molecule has 4 aliphatic rings. The third-order valence-corrected chi connectivity index (χ3v) is 8.30. The Labute approximate surface area is 235 Å². The van der Waals surface area contributed by atoms with Crippen LogP contribution in [0.25, 0.3) is 5.69 Å². The summed E-state index contributed by atoms with van der Waals surface area (Å²) in [7, 11) is 0. The number of rotatable bonds is 9. The number of thioether (sulfide) groups is 1. The molecular weight excluding hydrogens is 562 g/mol. The van der Waals surface area contributed by atoms with Crippen LogP contribution in [0.5, 0.6) is 0 Å². The first-order valence-corrected chi connectivity index (χ1v) is 13.7. The van der Waals surface area contributed by atoms with Gasteiger partial charge in [-0.1, -0.05) is 5.16 Å². The number of hydrogen-bond donors (Lipinski definition) is 3. The lowest BCUT2D eigenvalue weighted by Gasteiger charge is -2.50. The lowest BCUT2D eigenvalue weighted by atomic mass is 10.0. The second-order valence-electron chi connectivity index (χ2n) is 9.46. The van der Waals surface area contributed by atoms with Crippen LogP contribution < -0.4 is 20.7 Å². The van der Waals surface area contributed by atoms with Crippen molar-refractivity contribution >= 4 is 57.7 Å². The number of carbonyl (C=O) groups is 4. The maximum absolute atomic E-state index is 13.2. The number of aliphatic carboxylic acids is 2. The Morgan fingerprint density at radius 3 is 2.83 bits per heavy atom. The monoisotopic (exact) mass is 585 g/mol. The van der Waals surface area contributed by atoms with Crippen LogP contribution in [0.2, 0.25) is 0 Å². The molecule has 0 spiro atoms. The number of nitrogens with zero attached hydrogens (tertiary/aromatic N) is 5. The molecule has 1 fully saturated rings. The summed E-state index contributed by atoms with van der Waals surface area (Å²) in [6.07, 6.45) is 7.38. The molecule has 1 aromatic heterocycles. The number of β-lactam (4-membered cyclic amide) rings is 1. The normalized spacial score (nSPS) is 19.3. The number of nitrogen functional groups attached to an aromatic ring is 1. The highest BCUT2D eigenvalue weighted by molar-refractivity contribution is 8.00. The molecule has 1 saturated heterocycles. The summed E-state index contributed by atoms with van der Waals surface area (Å²) in [5.41, 5.74) is 4.74. The summed E-state index contributed by atoms with van der Waals surface area (Å²) < 4.78 is 3.73. The Morgan fingerprint density at radius 2 is 2.15 bits per heavy atom. The molecular formula is C24H23N7O7S2. The number of nitrogens with one attached hydrogen (secondary N) is 1. The molecule has 0 bridgehead atoms. The molecule has 14 nitrogen and oxygen atoms in total. The lowest BCUT2D eigenvalue weighted by molar-refractivity contribution is -0.593. The molecule has 0 unspecified atom stereocenters. The van der Waals surface area contributed by atoms with E-state index in [1.54, 1.807) is 6.20 Å². The topological polar surface area (TPSA) is 196 Å². The molecule has 5 heterocycles. The Morgan fingerprint density at radius 1 is 1.38 bits per heavy atom.